The van der Waals surface area contributed by atoms with E-state index < -0.39 is 5.54 Å². The Labute approximate surface area is 164 Å². The molecular weight excluding hydrogens is 348 g/mol. The summed E-state index contributed by atoms with van der Waals surface area (Å²) in [7, 11) is 0. The van der Waals surface area contributed by atoms with Crippen LogP contribution in [0.15, 0.2) is 78.9 Å². The molecule has 0 aliphatic carbocycles. The van der Waals surface area contributed by atoms with E-state index in [4.69, 9.17) is 0 Å². The first-order valence-corrected chi connectivity index (χ1v) is 9.71. The molecule has 0 radical (unpaired) electrons. The molecule has 0 saturated carbocycles. The summed E-state index contributed by atoms with van der Waals surface area (Å²) in [6, 6.07) is 17.8. The van der Waals surface area contributed by atoms with Gasteiger partial charge in [-0.3, -0.25) is 9.59 Å². The number of rotatable bonds is 3. The van der Waals surface area contributed by atoms with Crippen molar-refractivity contribution in [2.45, 2.75) is 31.0 Å². The normalized spacial score (nSPS) is 25.7. The molecule has 2 aromatic carbocycles. The molecule has 3 aliphatic heterocycles. The van der Waals surface area contributed by atoms with Gasteiger partial charge in [-0.15, -0.1) is 0 Å². The van der Waals surface area contributed by atoms with Crippen LogP contribution in [-0.4, -0.2) is 34.2 Å². The molecule has 3 heterocycles. The Kier molecular flexibility index (Phi) is 3.76. The molecule has 0 bridgehead atoms. The van der Waals surface area contributed by atoms with Gasteiger partial charge in [0.15, 0.2) is 0 Å². The molecular formula is C24H22N2O2. The molecule has 5 rings (SSSR count). The average molecular weight is 370 g/mol. The maximum absolute atomic E-state index is 13.4. The number of amides is 2. The van der Waals surface area contributed by atoms with E-state index in [2.05, 4.69) is 12.7 Å². The Bertz CT molecular complexity index is 1010. The summed E-state index contributed by atoms with van der Waals surface area (Å²) < 4.78 is 0. The van der Waals surface area contributed by atoms with E-state index in [1.807, 2.05) is 70.5 Å². The highest BCUT2D eigenvalue weighted by molar-refractivity contribution is 6.02. The lowest BCUT2D eigenvalue weighted by atomic mass is 9.79. The first kappa shape index (κ1) is 17.0. The number of hydrogen-bond donors (Lipinski definition) is 0. The van der Waals surface area contributed by atoms with Crippen molar-refractivity contribution in [3.63, 3.8) is 0 Å². The van der Waals surface area contributed by atoms with Crippen LogP contribution in [-0.2, 0) is 16.9 Å². The highest BCUT2D eigenvalue weighted by Crippen LogP contribution is 2.52. The molecule has 2 atom stereocenters. The maximum atomic E-state index is 13.4. The minimum absolute atomic E-state index is 0.0209. The highest BCUT2D eigenvalue weighted by atomic mass is 16.2. The van der Waals surface area contributed by atoms with Crippen LogP contribution in [0.25, 0.3) is 0 Å². The summed E-state index contributed by atoms with van der Waals surface area (Å²) in [5.74, 6) is 0.132. The highest BCUT2D eigenvalue weighted by Gasteiger charge is 2.61. The lowest BCUT2D eigenvalue weighted by Gasteiger charge is -2.43. The van der Waals surface area contributed by atoms with Crippen LogP contribution in [0.1, 0.15) is 34.3 Å². The van der Waals surface area contributed by atoms with Gasteiger partial charge in [-0.1, -0.05) is 67.3 Å². The molecule has 1 saturated heterocycles. The molecule has 28 heavy (non-hydrogen) atoms. The first-order valence-electron chi connectivity index (χ1n) is 9.71. The average Bonchev–Trinajstić information content (AvgIpc) is 3.16. The molecule has 1 spiro atoms. The van der Waals surface area contributed by atoms with E-state index in [1.54, 1.807) is 0 Å². The van der Waals surface area contributed by atoms with Crippen LogP contribution in [0.4, 0.5) is 0 Å². The minimum Gasteiger partial charge on any atom is -0.332 e. The molecule has 2 aromatic rings. The topological polar surface area (TPSA) is 40.6 Å². The molecule has 2 amide bonds. The molecule has 2 unspecified atom stereocenters. The van der Waals surface area contributed by atoms with E-state index in [0.717, 1.165) is 28.7 Å². The summed E-state index contributed by atoms with van der Waals surface area (Å²) in [5.41, 5.74) is 3.27. The largest absolute Gasteiger partial charge is 0.332 e. The maximum Gasteiger partial charge on any atom is 0.255 e. The van der Waals surface area contributed by atoms with Gasteiger partial charge < -0.3 is 9.80 Å². The van der Waals surface area contributed by atoms with Gasteiger partial charge >= 0.3 is 0 Å². The van der Waals surface area contributed by atoms with E-state index in [0.29, 0.717) is 19.5 Å². The van der Waals surface area contributed by atoms with Crippen molar-refractivity contribution in [3.05, 3.63) is 95.6 Å². The lowest BCUT2D eigenvalue weighted by molar-refractivity contribution is -0.128. The fourth-order valence-corrected chi connectivity index (χ4v) is 5.12. The summed E-state index contributed by atoms with van der Waals surface area (Å²) >= 11 is 0. The van der Waals surface area contributed by atoms with Gasteiger partial charge in [-0.05, 0) is 29.2 Å². The smallest absolute Gasteiger partial charge is 0.255 e. The van der Waals surface area contributed by atoms with Crippen LogP contribution in [0.2, 0.25) is 0 Å². The SMILES string of the molecule is C=CC1=CCC2N(C1)C(=O)CC21c2ccccc2C(=O)N1Cc1ccccc1. The number of fused-ring (bicyclic) bond motifs is 4. The van der Waals surface area contributed by atoms with Crippen LogP contribution in [0, 0.1) is 0 Å². The van der Waals surface area contributed by atoms with E-state index in [1.165, 1.54) is 0 Å². The summed E-state index contributed by atoms with van der Waals surface area (Å²) in [5, 5.41) is 0. The molecule has 140 valence electrons. The van der Waals surface area contributed by atoms with Gasteiger partial charge in [0.1, 0.15) is 0 Å². The van der Waals surface area contributed by atoms with Gasteiger partial charge in [0.2, 0.25) is 5.91 Å². The van der Waals surface area contributed by atoms with Crippen molar-refractivity contribution in [3.8, 4) is 0 Å². The van der Waals surface area contributed by atoms with Crippen molar-refractivity contribution in [2.75, 3.05) is 6.54 Å². The van der Waals surface area contributed by atoms with Crippen LogP contribution in [0.3, 0.4) is 0 Å². The van der Waals surface area contributed by atoms with Gasteiger partial charge in [0.05, 0.1) is 18.0 Å². The molecule has 4 heteroatoms. The zero-order valence-electron chi connectivity index (χ0n) is 15.7. The number of carbonyl (C=O) groups excluding carboxylic acids is 2. The fraction of sp³-hybridized carbons (Fsp3) is 0.250. The molecule has 1 fully saturated rings. The monoisotopic (exact) mass is 370 g/mol. The first-order chi connectivity index (χ1) is 13.6. The third-order valence-corrected chi connectivity index (χ3v) is 6.42. The van der Waals surface area contributed by atoms with Crippen molar-refractivity contribution in [2.24, 2.45) is 0 Å². The van der Waals surface area contributed by atoms with E-state index in [-0.39, 0.29) is 17.9 Å². The lowest BCUT2D eigenvalue weighted by Crippen LogP contribution is -2.53. The van der Waals surface area contributed by atoms with E-state index in [9.17, 15) is 9.59 Å². The Morgan fingerprint density at radius 1 is 1.07 bits per heavy atom. The Balaban J connectivity index is 1.66. The Morgan fingerprint density at radius 3 is 2.61 bits per heavy atom. The molecule has 0 aromatic heterocycles. The standard InChI is InChI=1S/C24H22N2O2/c1-2-17-12-13-21-24(14-22(27)25(21)15-17)20-11-7-6-10-19(20)23(28)26(24)16-18-8-4-3-5-9-18/h2-12,21H,1,13-16H2. The quantitative estimate of drug-likeness (QED) is 0.827. The van der Waals surface area contributed by atoms with Crippen LogP contribution in [0.5, 0.6) is 0 Å². The molecule has 0 N–H and O–H groups in total. The van der Waals surface area contributed by atoms with Gasteiger partial charge in [-0.2, -0.15) is 0 Å². The second-order valence-electron chi connectivity index (χ2n) is 7.78. The van der Waals surface area contributed by atoms with Crippen molar-refractivity contribution in [1.82, 2.24) is 9.80 Å². The van der Waals surface area contributed by atoms with Crippen molar-refractivity contribution in [1.29, 1.82) is 0 Å². The molecule has 3 aliphatic rings. The molecule has 4 nitrogen and oxygen atoms in total. The summed E-state index contributed by atoms with van der Waals surface area (Å²) in [4.78, 5) is 30.4. The Hall–Kier alpha value is -3.14. The second-order valence-corrected chi connectivity index (χ2v) is 7.78. The predicted octanol–water partition coefficient (Wildman–Crippen LogP) is 3.65. The van der Waals surface area contributed by atoms with Gasteiger partial charge in [-0.25, -0.2) is 0 Å². The number of hydrogen-bond acceptors (Lipinski definition) is 2. The zero-order chi connectivity index (χ0) is 19.3. The van der Waals surface area contributed by atoms with Gasteiger partial charge in [0, 0.05) is 18.7 Å². The summed E-state index contributed by atoms with van der Waals surface area (Å²) in [6.07, 6.45) is 5.07. The third-order valence-electron chi connectivity index (χ3n) is 6.42. The second kappa shape index (κ2) is 6.20. The van der Waals surface area contributed by atoms with Crippen LogP contribution < -0.4 is 0 Å². The van der Waals surface area contributed by atoms with Crippen LogP contribution >= 0.6 is 0 Å². The van der Waals surface area contributed by atoms with E-state index >= 15 is 0 Å². The fourth-order valence-electron chi connectivity index (χ4n) is 5.12. The van der Waals surface area contributed by atoms with Crippen molar-refractivity contribution < 1.29 is 9.59 Å². The minimum atomic E-state index is -0.607. The van der Waals surface area contributed by atoms with Crippen molar-refractivity contribution >= 4 is 11.8 Å². The number of carbonyl (C=O) groups is 2. The predicted molar refractivity (Wildman–Crippen MR) is 107 cm³/mol. The Morgan fingerprint density at radius 2 is 1.82 bits per heavy atom. The number of nitrogens with zero attached hydrogens (tertiary/aromatic N) is 2. The summed E-state index contributed by atoms with van der Waals surface area (Å²) in [6.45, 7) is 4.94. The number of benzene rings is 2. The third kappa shape index (κ3) is 2.24. The van der Waals surface area contributed by atoms with Gasteiger partial charge in [0.25, 0.3) is 5.91 Å². The zero-order valence-corrected chi connectivity index (χ0v) is 15.7.